The van der Waals surface area contributed by atoms with Gasteiger partial charge in [-0.2, -0.15) is 0 Å². The van der Waals surface area contributed by atoms with Crippen molar-refractivity contribution in [2.24, 2.45) is 16.2 Å². The molecule has 0 radical (unpaired) electrons. The van der Waals surface area contributed by atoms with E-state index >= 15 is 0 Å². The number of carboxylic acids is 1. The van der Waals surface area contributed by atoms with Gasteiger partial charge in [-0.15, -0.1) is 0 Å². The van der Waals surface area contributed by atoms with Crippen molar-refractivity contribution in [3.05, 3.63) is 0 Å². The number of carbonyl (C=O) groups excluding carboxylic acids is 1. The molecule has 0 aromatic heterocycles. The highest BCUT2D eigenvalue weighted by atomic mass is 79.9. The number of ketones is 1. The molecule has 0 aliphatic heterocycles. The van der Waals surface area contributed by atoms with Gasteiger partial charge in [0.1, 0.15) is 5.78 Å². The Hall–Kier alpha value is -0.380. The van der Waals surface area contributed by atoms with Crippen molar-refractivity contribution in [1.29, 1.82) is 0 Å². The Morgan fingerprint density at radius 3 is 2.68 bits per heavy atom. The average molecular weight is 329 g/mol. The standard InChI is InChI=1S/C15H21BrO3/c1-13-8-11(17)15(9-13)6-4-2-3-5-14(15,12(18)19)7-10(13)16/h10H,2-9H2,1H3,(H,18,19)/t10-,13-,14+,15-/m1/s1. The molecule has 2 bridgehead atoms. The van der Waals surface area contributed by atoms with Crippen molar-refractivity contribution in [2.45, 2.75) is 63.1 Å². The zero-order valence-electron chi connectivity index (χ0n) is 11.4. The number of hydrogen-bond donors (Lipinski definition) is 1. The van der Waals surface area contributed by atoms with E-state index in [2.05, 4.69) is 22.9 Å². The first-order valence-corrected chi connectivity index (χ1v) is 8.19. The molecule has 19 heavy (non-hydrogen) atoms. The molecule has 0 heterocycles. The van der Waals surface area contributed by atoms with Gasteiger partial charge < -0.3 is 5.11 Å². The van der Waals surface area contributed by atoms with Gasteiger partial charge in [0.25, 0.3) is 0 Å². The van der Waals surface area contributed by atoms with Crippen LogP contribution in [0.5, 0.6) is 0 Å². The SMILES string of the molecule is C[C@]12CC(=O)[C@@]3(CCCCC[C@@]3(C(=O)O)C[C@H]1Br)C2. The summed E-state index contributed by atoms with van der Waals surface area (Å²) < 4.78 is 0. The predicted octanol–water partition coefficient (Wildman–Crippen LogP) is 3.54. The van der Waals surface area contributed by atoms with Gasteiger partial charge in [0.05, 0.1) is 5.41 Å². The highest BCUT2D eigenvalue weighted by molar-refractivity contribution is 9.09. The van der Waals surface area contributed by atoms with Gasteiger partial charge >= 0.3 is 5.97 Å². The minimum atomic E-state index is -0.815. The smallest absolute Gasteiger partial charge is 0.310 e. The maximum atomic E-state index is 12.7. The molecule has 0 aromatic rings. The number of fused-ring (bicyclic) bond motifs is 1. The summed E-state index contributed by atoms with van der Waals surface area (Å²) in [4.78, 5) is 25.0. The molecule has 106 valence electrons. The molecule has 1 N–H and O–H groups in total. The van der Waals surface area contributed by atoms with Crippen molar-refractivity contribution < 1.29 is 14.7 Å². The summed E-state index contributed by atoms with van der Waals surface area (Å²) in [7, 11) is 0. The molecule has 4 heteroatoms. The number of hydrogen-bond acceptors (Lipinski definition) is 2. The van der Waals surface area contributed by atoms with Gasteiger partial charge in [-0.05, 0) is 31.1 Å². The summed E-state index contributed by atoms with van der Waals surface area (Å²) in [6.07, 6.45) is 6.40. The fourth-order valence-electron chi connectivity index (χ4n) is 5.03. The lowest BCUT2D eigenvalue weighted by atomic mass is 9.52. The van der Waals surface area contributed by atoms with E-state index in [1.165, 1.54) is 0 Å². The quantitative estimate of drug-likeness (QED) is 0.749. The first-order valence-electron chi connectivity index (χ1n) is 7.27. The molecular weight excluding hydrogens is 308 g/mol. The molecule has 3 rings (SSSR count). The molecule has 1 spiro atoms. The minimum absolute atomic E-state index is 0.0413. The van der Waals surface area contributed by atoms with Gasteiger partial charge in [-0.3, -0.25) is 9.59 Å². The van der Waals surface area contributed by atoms with Crippen LogP contribution < -0.4 is 0 Å². The summed E-state index contributed by atoms with van der Waals surface area (Å²) >= 11 is 3.70. The van der Waals surface area contributed by atoms with E-state index in [4.69, 9.17) is 0 Å². The Balaban J connectivity index is 2.17. The van der Waals surface area contributed by atoms with Crippen LogP contribution in [-0.4, -0.2) is 21.7 Å². The van der Waals surface area contributed by atoms with E-state index in [1.807, 2.05) is 0 Å². The molecule has 3 aliphatic carbocycles. The fraction of sp³-hybridized carbons (Fsp3) is 0.867. The molecule has 0 amide bonds. The van der Waals surface area contributed by atoms with E-state index in [1.54, 1.807) is 0 Å². The molecule has 3 aliphatic rings. The van der Waals surface area contributed by atoms with Gasteiger partial charge in [0.15, 0.2) is 0 Å². The Labute approximate surface area is 122 Å². The van der Waals surface area contributed by atoms with E-state index in [0.29, 0.717) is 19.3 Å². The van der Waals surface area contributed by atoms with E-state index in [0.717, 1.165) is 32.1 Å². The van der Waals surface area contributed by atoms with Gasteiger partial charge in [0.2, 0.25) is 0 Å². The second kappa shape index (κ2) is 4.06. The third-order valence-corrected chi connectivity index (χ3v) is 7.55. The van der Waals surface area contributed by atoms with Crippen molar-refractivity contribution >= 4 is 27.7 Å². The average Bonchev–Trinajstić information content (AvgIpc) is 2.46. The van der Waals surface area contributed by atoms with Crippen molar-refractivity contribution in [3.8, 4) is 0 Å². The zero-order chi connectivity index (χ0) is 13.9. The predicted molar refractivity (Wildman–Crippen MR) is 75.3 cm³/mol. The Kier molecular flexibility index (Phi) is 2.91. The van der Waals surface area contributed by atoms with Gasteiger partial charge in [-0.1, -0.05) is 42.1 Å². The largest absolute Gasteiger partial charge is 0.481 e. The van der Waals surface area contributed by atoms with E-state index in [9.17, 15) is 14.7 Å². The van der Waals surface area contributed by atoms with Crippen LogP contribution in [0, 0.1) is 16.2 Å². The summed E-state index contributed by atoms with van der Waals surface area (Å²) in [5.74, 6) is -0.516. The third-order valence-electron chi connectivity index (χ3n) is 6.12. The normalized spacial score (nSPS) is 49.6. The van der Waals surface area contributed by atoms with Crippen LogP contribution >= 0.6 is 15.9 Å². The second-order valence-corrected chi connectivity index (χ2v) is 8.24. The van der Waals surface area contributed by atoms with Crippen LogP contribution in [-0.2, 0) is 9.59 Å². The van der Waals surface area contributed by atoms with Crippen LogP contribution in [0.2, 0.25) is 0 Å². The molecule has 3 fully saturated rings. The van der Waals surface area contributed by atoms with Gasteiger partial charge in [0, 0.05) is 16.7 Å². The lowest BCUT2D eigenvalue weighted by Gasteiger charge is -2.51. The summed E-state index contributed by atoms with van der Waals surface area (Å²) in [5.41, 5.74) is -1.43. The summed E-state index contributed by atoms with van der Waals surface area (Å²) in [5, 5.41) is 9.91. The molecule has 3 saturated carbocycles. The molecule has 0 aromatic carbocycles. The summed E-state index contributed by atoms with van der Waals surface area (Å²) in [6.45, 7) is 2.15. The van der Waals surface area contributed by atoms with Gasteiger partial charge in [-0.25, -0.2) is 0 Å². The highest BCUT2D eigenvalue weighted by Crippen LogP contribution is 2.69. The van der Waals surface area contributed by atoms with Crippen molar-refractivity contribution in [3.63, 3.8) is 0 Å². The topological polar surface area (TPSA) is 54.4 Å². The van der Waals surface area contributed by atoms with Crippen LogP contribution in [0.4, 0.5) is 0 Å². The number of carbonyl (C=O) groups is 2. The number of aliphatic carboxylic acids is 1. The number of alkyl halides is 1. The number of halogens is 1. The minimum Gasteiger partial charge on any atom is -0.481 e. The lowest BCUT2D eigenvalue weighted by molar-refractivity contribution is -0.168. The van der Waals surface area contributed by atoms with Crippen LogP contribution in [0.25, 0.3) is 0 Å². The maximum absolute atomic E-state index is 12.7. The number of carboxylic acid groups (broad SMARTS) is 1. The first kappa shape index (κ1) is 13.6. The van der Waals surface area contributed by atoms with Crippen LogP contribution in [0.15, 0.2) is 0 Å². The molecular formula is C15H21BrO3. The zero-order valence-corrected chi connectivity index (χ0v) is 13.0. The van der Waals surface area contributed by atoms with E-state index in [-0.39, 0.29) is 16.0 Å². The summed E-state index contributed by atoms with van der Waals surface area (Å²) in [6, 6.07) is 0. The van der Waals surface area contributed by atoms with Crippen molar-refractivity contribution in [1.82, 2.24) is 0 Å². The molecule has 3 nitrogen and oxygen atoms in total. The lowest BCUT2D eigenvalue weighted by Crippen LogP contribution is -2.54. The van der Waals surface area contributed by atoms with E-state index < -0.39 is 16.8 Å². The Bertz CT molecular complexity index is 443. The second-order valence-electron chi connectivity index (χ2n) is 7.13. The molecule has 4 atom stereocenters. The molecule has 0 unspecified atom stereocenters. The third kappa shape index (κ3) is 1.55. The highest BCUT2D eigenvalue weighted by Gasteiger charge is 2.71. The van der Waals surface area contributed by atoms with Crippen LogP contribution in [0.1, 0.15) is 58.3 Å². The maximum Gasteiger partial charge on any atom is 0.310 e. The Morgan fingerprint density at radius 2 is 2.00 bits per heavy atom. The first-order chi connectivity index (χ1) is 8.86. The monoisotopic (exact) mass is 328 g/mol. The van der Waals surface area contributed by atoms with Crippen molar-refractivity contribution in [2.75, 3.05) is 0 Å². The molecule has 0 saturated heterocycles. The number of Topliss-reactive ketones (excluding diaryl/α,β-unsaturated/α-hetero) is 1. The Morgan fingerprint density at radius 1 is 1.32 bits per heavy atom. The van der Waals surface area contributed by atoms with Crippen LogP contribution in [0.3, 0.4) is 0 Å². The fourth-order valence-corrected chi connectivity index (χ4v) is 5.91. The number of rotatable bonds is 1.